The number of aromatic nitrogens is 5. The zero-order valence-electron chi connectivity index (χ0n) is 24.7. The van der Waals surface area contributed by atoms with E-state index in [1.165, 1.54) is 38.2 Å². The van der Waals surface area contributed by atoms with Crippen molar-refractivity contribution in [3.63, 3.8) is 0 Å². The zero-order chi connectivity index (χ0) is 30.2. The van der Waals surface area contributed by atoms with Gasteiger partial charge in [0, 0.05) is 33.9 Å². The van der Waals surface area contributed by atoms with Gasteiger partial charge in [-0.3, -0.25) is 14.0 Å². The van der Waals surface area contributed by atoms with Gasteiger partial charge in [0.25, 0.3) is 0 Å². The molecule has 214 valence electrons. The maximum absolute atomic E-state index is 5.38. The van der Waals surface area contributed by atoms with Crippen LogP contribution in [0.4, 0.5) is 0 Å². The molecule has 0 saturated heterocycles. The van der Waals surface area contributed by atoms with Crippen LogP contribution in [0.25, 0.3) is 88.4 Å². The summed E-state index contributed by atoms with van der Waals surface area (Å²) in [5, 5.41) is 5.78. The number of imidazole rings is 1. The predicted octanol–water partition coefficient (Wildman–Crippen LogP) is 10.0. The molecule has 0 saturated carbocycles. The van der Waals surface area contributed by atoms with Gasteiger partial charge in [-0.15, -0.1) is 0 Å². The van der Waals surface area contributed by atoms with E-state index in [9.17, 15) is 0 Å². The van der Waals surface area contributed by atoms with Gasteiger partial charge in [0.1, 0.15) is 5.65 Å². The van der Waals surface area contributed by atoms with E-state index in [4.69, 9.17) is 9.97 Å². The molecule has 0 N–H and O–H groups in total. The van der Waals surface area contributed by atoms with E-state index in [0.717, 1.165) is 50.1 Å². The molecular weight excluding hydrogens is 562 g/mol. The van der Waals surface area contributed by atoms with Crippen molar-refractivity contribution in [1.29, 1.82) is 0 Å². The standard InChI is InChI=1S/C41H25N5/c1-2-11-31-29(9-1)33(28-19-17-26(18-20-28)27-21-23-42-24-22-27)25-34-30-10-4-7-15-37(30)45(39(31)34)41-44-35-13-5-3-12-32(35)40-43-36-14-6-8-16-38(36)46(40)41/h1-25H. The fourth-order valence-corrected chi connectivity index (χ4v) is 7.13. The highest BCUT2D eigenvalue weighted by Crippen LogP contribution is 2.42. The minimum atomic E-state index is 0.827. The van der Waals surface area contributed by atoms with Crippen molar-refractivity contribution in [2.45, 2.75) is 0 Å². The number of nitrogens with zero attached hydrogens (tertiary/aromatic N) is 5. The fourth-order valence-electron chi connectivity index (χ4n) is 7.13. The van der Waals surface area contributed by atoms with Gasteiger partial charge in [-0.1, -0.05) is 91.0 Å². The quantitative estimate of drug-likeness (QED) is 0.207. The van der Waals surface area contributed by atoms with Crippen LogP contribution in [-0.4, -0.2) is 23.9 Å². The smallest absolute Gasteiger partial charge is 0.221 e. The van der Waals surface area contributed by atoms with E-state index in [0.29, 0.717) is 0 Å². The van der Waals surface area contributed by atoms with E-state index < -0.39 is 0 Å². The average Bonchev–Trinajstić information content (AvgIpc) is 3.68. The molecule has 5 heteroatoms. The van der Waals surface area contributed by atoms with Gasteiger partial charge in [0.2, 0.25) is 5.95 Å². The lowest BCUT2D eigenvalue weighted by Gasteiger charge is -2.15. The molecule has 0 atom stereocenters. The van der Waals surface area contributed by atoms with Crippen LogP contribution in [0.1, 0.15) is 0 Å². The minimum absolute atomic E-state index is 0.827. The molecule has 10 aromatic rings. The predicted molar refractivity (Wildman–Crippen MR) is 189 cm³/mol. The molecular formula is C41H25N5. The van der Waals surface area contributed by atoms with Crippen molar-refractivity contribution in [1.82, 2.24) is 23.9 Å². The van der Waals surface area contributed by atoms with Crippen LogP contribution in [0, 0.1) is 0 Å². The van der Waals surface area contributed by atoms with Crippen molar-refractivity contribution in [2.75, 3.05) is 0 Å². The summed E-state index contributed by atoms with van der Waals surface area (Å²) in [5.41, 5.74) is 10.8. The summed E-state index contributed by atoms with van der Waals surface area (Å²) in [6.07, 6.45) is 3.68. The minimum Gasteiger partial charge on any atom is -0.278 e. The second-order valence-electron chi connectivity index (χ2n) is 11.7. The summed E-state index contributed by atoms with van der Waals surface area (Å²) < 4.78 is 4.57. The SMILES string of the molecule is c1ccc2c(c1)nc(-n1c3ccccc3c3cc(-c4ccc(-c5ccncc5)cc4)c4ccccc4c31)n1c3ccccc3nc21. The van der Waals surface area contributed by atoms with E-state index in [1.54, 1.807) is 0 Å². The normalized spacial score (nSPS) is 11.9. The number of benzene rings is 6. The summed E-state index contributed by atoms with van der Waals surface area (Å²) in [4.78, 5) is 14.7. The molecule has 0 radical (unpaired) electrons. The average molecular weight is 588 g/mol. The van der Waals surface area contributed by atoms with Crippen LogP contribution >= 0.6 is 0 Å². The number of para-hydroxylation sites is 4. The van der Waals surface area contributed by atoms with E-state index in [2.05, 4.69) is 129 Å². The van der Waals surface area contributed by atoms with Gasteiger partial charge in [-0.2, -0.15) is 0 Å². The Balaban J connectivity index is 1.33. The lowest BCUT2D eigenvalue weighted by Crippen LogP contribution is -2.06. The van der Waals surface area contributed by atoms with E-state index in [1.807, 2.05) is 36.7 Å². The monoisotopic (exact) mass is 587 g/mol. The molecule has 0 aliphatic rings. The molecule has 0 unspecified atom stereocenters. The van der Waals surface area contributed by atoms with E-state index >= 15 is 0 Å². The summed E-state index contributed by atoms with van der Waals surface area (Å²) in [6.45, 7) is 0. The van der Waals surface area contributed by atoms with Crippen molar-refractivity contribution < 1.29 is 0 Å². The third kappa shape index (κ3) is 3.54. The van der Waals surface area contributed by atoms with Gasteiger partial charge in [0.05, 0.1) is 27.6 Å². The topological polar surface area (TPSA) is 48.0 Å². The summed E-state index contributed by atoms with van der Waals surface area (Å²) in [6, 6.07) is 49.4. The number of fused-ring (bicyclic) bond motifs is 10. The Morgan fingerprint density at radius 1 is 0.435 bits per heavy atom. The maximum atomic E-state index is 5.38. The lowest BCUT2D eigenvalue weighted by molar-refractivity contribution is 0.982. The van der Waals surface area contributed by atoms with Crippen molar-refractivity contribution in [3.05, 3.63) is 152 Å². The zero-order valence-corrected chi connectivity index (χ0v) is 24.7. The maximum Gasteiger partial charge on any atom is 0.221 e. The van der Waals surface area contributed by atoms with Gasteiger partial charge in [-0.25, -0.2) is 9.97 Å². The summed E-state index contributed by atoms with van der Waals surface area (Å²) >= 11 is 0. The molecule has 4 heterocycles. The first-order valence-electron chi connectivity index (χ1n) is 15.5. The molecule has 0 amide bonds. The van der Waals surface area contributed by atoms with Crippen LogP contribution in [-0.2, 0) is 0 Å². The molecule has 0 fully saturated rings. The first-order chi connectivity index (χ1) is 22.8. The van der Waals surface area contributed by atoms with Crippen molar-refractivity contribution >= 4 is 60.2 Å². The highest BCUT2D eigenvalue weighted by molar-refractivity contribution is 6.22. The molecule has 0 bridgehead atoms. The van der Waals surface area contributed by atoms with Crippen molar-refractivity contribution in [2.24, 2.45) is 0 Å². The number of pyridine rings is 1. The Bertz CT molecular complexity index is 2790. The highest BCUT2D eigenvalue weighted by Gasteiger charge is 2.22. The second-order valence-corrected chi connectivity index (χ2v) is 11.7. The Labute approximate surface area is 263 Å². The van der Waals surface area contributed by atoms with Gasteiger partial charge < -0.3 is 0 Å². The molecule has 6 aromatic carbocycles. The Hall–Kier alpha value is -6.33. The van der Waals surface area contributed by atoms with Gasteiger partial charge in [-0.05, 0) is 76.2 Å². The van der Waals surface area contributed by atoms with E-state index in [-0.39, 0.29) is 0 Å². The third-order valence-corrected chi connectivity index (χ3v) is 9.21. The molecule has 5 nitrogen and oxygen atoms in total. The van der Waals surface area contributed by atoms with Crippen LogP contribution in [0.15, 0.2) is 152 Å². The Morgan fingerprint density at radius 2 is 1.04 bits per heavy atom. The third-order valence-electron chi connectivity index (χ3n) is 9.21. The highest BCUT2D eigenvalue weighted by atomic mass is 15.2. The summed E-state index contributed by atoms with van der Waals surface area (Å²) in [7, 11) is 0. The van der Waals surface area contributed by atoms with Gasteiger partial charge >= 0.3 is 0 Å². The molecule has 46 heavy (non-hydrogen) atoms. The summed E-state index contributed by atoms with van der Waals surface area (Å²) in [5.74, 6) is 0.827. The largest absolute Gasteiger partial charge is 0.278 e. The number of hydrogen-bond donors (Lipinski definition) is 0. The number of hydrogen-bond acceptors (Lipinski definition) is 3. The molecule has 10 rings (SSSR count). The van der Waals surface area contributed by atoms with Crippen LogP contribution in [0.2, 0.25) is 0 Å². The Kier molecular flexibility index (Phi) is 5.22. The fraction of sp³-hybridized carbons (Fsp3) is 0. The molecule has 4 aromatic heterocycles. The Morgan fingerprint density at radius 3 is 1.85 bits per heavy atom. The van der Waals surface area contributed by atoms with Crippen LogP contribution in [0.3, 0.4) is 0 Å². The molecule has 0 aliphatic carbocycles. The first-order valence-corrected chi connectivity index (χ1v) is 15.5. The molecule has 0 spiro atoms. The van der Waals surface area contributed by atoms with Gasteiger partial charge in [0.15, 0.2) is 0 Å². The first kappa shape index (κ1) is 25.0. The van der Waals surface area contributed by atoms with Crippen molar-refractivity contribution in [3.8, 4) is 28.2 Å². The lowest BCUT2D eigenvalue weighted by atomic mass is 9.94. The molecule has 0 aliphatic heterocycles. The van der Waals surface area contributed by atoms with Crippen LogP contribution < -0.4 is 0 Å². The second kappa shape index (κ2) is 9.58. The van der Waals surface area contributed by atoms with Crippen LogP contribution in [0.5, 0.6) is 0 Å². The number of rotatable bonds is 3.